The molecule has 4 nitrogen and oxygen atoms in total. The van der Waals surface area contributed by atoms with E-state index < -0.39 is 0 Å². The summed E-state index contributed by atoms with van der Waals surface area (Å²) >= 11 is 0. The first-order valence-corrected chi connectivity index (χ1v) is 5.65. The predicted molar refractivity (Wildman–Crippen MR) is 65.6 cm³/mol. The molecule has 2 rings (SSSR count). The summed E-state index contributed by atoms with van der Waals surface area (Å²) < 4.78 is 0. The summed E-state index contributed by atoms with van der Waals surface area (Å²) in [7, 11) is 0. The van der Waals surface area contributed by atoms with Crippen LogP contribution in [0.5, 0.6) is 0 Å². The third-order valence-corrected chi connectivity index (χ3v) is 2.64. The molecule has 0 aliphatic carbocycles. The van der Waals surface area contributed by atoms with Crippen LogP contribution in [0.25, 0.3) is 0 Å². The molecule has 0 saturated carbocycles. The van der Waals surface area contributed by atoms with Crippen molar-refractivity contribution < 1.29 is 4.79 Å². The summed E-state index contributed by atoms with van der Waals surface area (Å²) in [6.07, 6.45) is 0.508. The lowest BCUT2D eigenvalue weighted by Crippen LogP contribution is -2.51. The van der Waals surface area contributed by atoms with Crippen LogP contribution in [-0.2, 0) is 4.79 Å². The Hall–Kier alpha value is -1.55. The number of benzene rings is 1. The molecule has 1 saturated heterocycles. The minimum absolute atomic E-state index is 0.0453. The molecule has 1 aromatic carbocycles. The van der Waals surface area contributed by atoms with Crippen LogP contribution in [0.4, 0.5) is 11.4 Å². The highest BCUT2D eigenvalue weighted by Gasteiger charge is 2.15. The molecule has 3 N–H and O–H groups in total. The summed E-state index contributed by atoms with van der Waals surface area (Å²) in [5.41, 5.74) is 1.95. The van der Waals surface area contributed by atoms with E-state index in [9.17, 15) is 4.79 Å². The summed E-state index contributed by atoms with van der Waals surface area (Å²) in [6.45, 7) is 3.89. The van der Waals surface area contributed by atoms with Gasteiger partial charge in [0.2, 0.25) is 5.91 Å². The molecule has 1 aliphatic rings. The van der Waals surface area contributed by atoms with Crippen molar-refractivity contribution in [2.75, 3.05) is 23.7 Å². The molecule has 0 spiro atoms. The highest BCUT2D eigenvalue weighted by Crippen LogP contribution is 2.15. The van der Waals surface area contributed by atoms with Crippen LogP contribution in [0.1, 0.15) is 13.3 Å². The molecule has 16 heavy (non-hydrogen) atoms. The number of carbonyl (C=O) groups is 1. The van der Waals surface area contributed by atoms with Crippen LogP contribution in [0.15, 0.2) is 24.3 Å². The number of hydrogen-bond acceptors (Lipinski definition) is 3. The van der Waals surface area contributed by atoms with Crippen molar-refractivity contribution in [3.8, 4) is 0 Å². The largest absolute Gasteiger partial charge is 0.380 e. The summed E-state index contributed by atoms with van der Waals surface area (Å²) in [4.78, 5) is 11.2. The van der Waals surface area contributed by atoms with Crippen LogP contribution < -0.4 is 16.0 Å². The zero-order chi connectivity index (χ0) is 11.4. The fourth-order valence-corrected chi connectivity index (χ4v) is 1.53. The van der Waals surface area contributed by atoms with Gasteiger partial charge in [-0.2, -0.15) is 0 Å². The second kappa shape index (κ2) is 4.99. The second-order valence-corrected chi connectivity index (χ2v) is 3.98. The molecule has 0 unspecified atom stereocenters. The Bertz CT molecular complexity index is 357. The lowest BCUT2D eigenvalue weighted by Gasteiger charge is -2.29. The molecule has 1 amide bonds. The molecular weight excluding hydrogens is 202 g/mol. The number of nitrogens with one attached hydrogen (secondary N) is 3. The van der Waals surface area contributed by atoms with E-state index in [1.807, 2.05) is 31.2 Å². The Morgan fingerprint density at radius 2 is 1.94 bits per heavy atom. The van der Waals surface area contributed by atoms with Crippen molar-refractivity contribution in [3.05, 3.63) is 24.3 Å². The van der Waals surface area contributed by atoms with E-state index >= 15 is 0 Å². The average Bonchev–Trinajstić information content (AvgIpc) is 2.25. The molecule has 1 aromatic rings. The van der Waals surface area contributed by atoms with Crippen LogP contribution in [-0.4, -0.2) is 25.0 Å². The first-order chi connectivity index (χ1) is 7.78. The smallest absolute Gasteiger partial charge is 0.224 e. The van der Waals surface area contributed by atoms with E-state index in [1.165, 1.54) is 0 Å². The standard InChI is InChI=1S/C12H17N3O/c1-2-12(16)15-10-5-3-9(4-6-10)14-11-7-13-8-11/h3-6,11,13-14H,2,7-8H2,1H3,(H,15,16). The van der Waals surface area contributed by atoms with Crippen LogP contribution in [0.3, 0.4) is 0 Å². The summed E-state index contributed by atoms with van der Waals surface area (Å²) in [5.74, 6) is 0.0453. The monoisotopic (exact) mass is 219 g/mol. The van der Waals surface area contributed by atoms with Gasteiger partial charge in [-0.3, -0.25) is 4.79 Å². The molecule has 1 heterocycles. The lowest BCUT2D eigenvalue weighted by molar-refractivity contribution is -0.115. The van der Waals surface area contributed by atoms with Gasteiger partial charge in [-0.25, -0.2) is 0 Å². The van der Waals surface area contributed by atoms with Crippen LogP contribution in [0, 0.1) is 0 Å². The first-order valence-electron chi connectivity index (χ1n) is 5.65. The van der Waals surface area contributed by atoms with Gasteiger partial charge in [0.15, 0.2) is 0 Å². The minimum Gasteiger partial charge on any atom is -0.380 e. The number of hydrogen-bond donors (Lipinski definition) is 3. The summed E-state index contributed by atoms with van der Waals surface area (Å²) in [5, 5.41) is 9.43. The maximum atomic E-state index is 11.2. The Morgan fingerprint density at radius 3 is 2.44 bits per heavy atom. The fraction of sp³-hybridized carbons (Fsp3) is 0.417. The van der Waals surface area contributed by atoms with Crippen LogP contribution in [0.2, 0.25) is 0 Å². The third-order valence-electron chi connectivity index (χ3n) is 2.64. The Labute approximate surface area is 95.4 Å². The molecular formula is C12H17N3O. The van der Waals surface area contributed by atoms with E-state index in [-0.39, 0.29) is 5.91 Å². The summed E-state index contributed by atoms with van der Waals surface area (Å²) in [6, 6.07) is 8.35. The molecule has 4 heteroatoms. The number of rotatable bonds is 4. The molecule has 0 bridgehead atoms. The molecule has 0 aromatic heterocycles. The van der Waals surface area contributed by atoms with Gasteiger partial charge in [-0.1, -0.05) is 6.92 Å². The topological polar surface area (TPSA) is 53.2 Å². The lowest BCUT2D eigenvalue weighted by atomic mass is 10.1. The maximum absolute atomic E-state index is 11.2. The normalized spacial score (nSPS) is 15.3. The Morgan fingerprint density at radius 1 is 1.31 bits per heavy atom. The van der Waals surface area contributed by atoms with Crippen molar-refractivity contribution in [1.82, 2.24) is 5.32 Å². The predicted octanol–water partition coefficient (Wildman–Crippen LogP) is 1.42. The van der Waals surface area contributed by atoms with Gasteiger partial charge in [0.1, 0.15) is 0 Å². The zero-order valence-electron chi connectivity index (χ0n) is 9.42. The van der Waals surface area contributed by atoms with Crippen molar-refractivity contribution in [2.24, 2.45) is 0 Å². The van der Waals surface area contributed by atoms with Crippen molar-refractivity contribution in [2.45, 2.75) is 19.4 Å². The van der Waals surface area contributed by atoms with E-state index in [0.29, 0.717) is 12.5 Å². The van der Waals surface area contributed by atoms with Gasteiger partial charge < -0.3 is 16.0 Å². The van der Waals surface area contributed by atoms with Crippen molar-refractivity contribution >= 4 is 17.3 Å². The number of carbonyl (C=O) groups excluding carboxylic acids is 1. The van der Waals surface area contributed by atoms with E-state index in [4.69, 9.17) is 0 Å². The molecule has 86 valence electrons. The molecule has 1 aliphatic heterocycles. The van der Waals surface area contributed by atoms with E-state index in [0.717, 1.165) is 24.5 Å². The van der Waals surface area contributed by atoms with Crippen molar-refractivity contribution in [3.63, 3.8) is 0 Å². The highest BCUT2D eigenvalue weighted by molar-refractivity contribution is 5.90. The first kappa shape index (κ1) is 11.0. The quantitative estimate of drug-likeness (QED) is 0.718. The van der Waals surface area contributed by atoms with Gasteiger partial charge in [-0.05, 0) is 24.3 Å². The van der Waals surface area contributed by atoms with Gasteiger partial charge in [-0.15, -0.1) is 0 Å². The van der Waals surface area contributed by atoms with E-state index in [1.54, 1.807) is 0 Å². The zero-order valence-corrected chi connectivity index (χ0v) is 9.42. The number of anilines is 2. The Kier molecular flexibility index (Phi) is 3.41. The average molecular weight is 219 g/mol. The van der Waals surface area contributed by atoms with Crippen LogP contribution >= 0.6 is 0 Å². The van der Waals surface area contributed by atoms with Gasteiger partial charge in [0.05, 0.1) is 6.04 Å². The van der Waals surface area contributed by atoms with E-state index in [2.05, 4.69) is 16.0 Å². The molecule has 1 fully saturated rings. The Balaban J connectivity index is 1.90. The maximum Gasteiger partial charge on any atom is 0.224 e. The second-order valence-electron chi connectivity index (χ2n) is 3.98. The SMILES string of the molecule is CCC(=O)Nc1ccc(NC2CNC2)cc1. The van der Waals surface area contributed by atoms with Gasteiger partial charge >= 0.3 is 0 Å². The van der Waals surface area contributed by atoms with Gasteiger partial charge in [0.25, 0.3) is 0 Å². The highest BCUT2D eigenvalue weighted by atomic mass is 16.1. The number of amides is 1. The fourth-order valence-electron chi connectivity index (χ4n) is 1.53. The molecule has 0 atom stereocenters. The minimum atomic E-state index is 0.0453. The third kappa shape index (κ3) is 2.73. The molecule has 0 radical (unpaired) electrons. The van der Waals surface area contributed by atoms with Gasteiger partial charge in [0, 0.05) is 30.9 Å². The van der Waals surface area contributed by atoms with Crippen molar-refractivity contribution in [1.29, 1.82) is 0 Å².